The van der Waals surface area contributed by atoms with Crippen LogP contribution in [0.15, 0.2) is 84.9 Å². The number of nitrogens with zero attached hydrogens (tertiary/aromatic N) is 1. The summed E-state index contributed by atoms with van der Waals surface area (Å²) in [5.74, 6) is -1.72. The lowest BCUT2D eigenvalue weighted by molar-refractivity contribution is 0.0702. The van der Waals surface area contributed by atoms with Gasteiger partial charge in [0.1, 0.15) is 4.88 Å². The molecule has 0 spiro atoms. The van der Waals surface area contributed by atoms with Gasteiger partial charge in [-0.25, -0.2) is 4.79 Å². The number of hydrogen-bond donors (Lipinski definition) is 2. The lowest BCUT2D eigenvalue weighted by atomic mass is 10.0. The summed E-state index contributed by atoms with van der Waals surface area (Å²) in [5.41, 5.74) is 1.74. The van der Waals surface area contributed by atoms with E-state index in [1.54, 1.807) is 37.3 Å². The predicted molar refractivity (Wildman–Crippen MR) is 141 cm³/mol. The van der Waals surface area contributed by atoms with Crippen LogP contribution in [0.4, 0.5) is 5.69 Å². The van der Waals surface area contributed by atoms with E-state index in [1.807, 2.05) is 36.4 Å². The highest BCUT2D eigenvalue weighted by molar-refractivity contribution is 7.18. The molecule has 178 valence electrons. The number of aliphatic hydroxyl groups excluding tert-OH is 1. The lowest BCUT2D eigenvalue weighted by Crippen LogP contribution is -2.43. The average molecular weight is 526 g/mol. The second-order valence-corrected chi connectivity index (χ2v) is 9.79. The van der Waals surface area contributed by atoms with Gasteiger partial charge in [-0.15, -0.1) is 11.3 Å². The number of carbonyl (C=O) groups excluding carboxylic acids is 1. The van der Waals surface area contributed by atoms with E-state index in [1.165, 1.54) is 23.1 Å². The number of aliphatic hydroxyl groups is 1. The topological polar surface area (TPSA) is 77.8 Å². The maximum atomic E-state index is 13.9. The molecule has 5 nitrogen and oxygen atoms in total. The molecule has 3 aromatic carbocycles. The van der Waals surface area contributed by atoms with Crippen molar-refractivity contribution in [3.8, 4) is 10.4 Å². The van der Waals surface area contributed by atoms with Gasteiger partial charge >= 0.3 is 5.97 Å². The van der Waals surface area contributed by atoms with Gasteiger partial charge < -0.3 is 15.1 Å². The largest absolute Gasteiger partial charge is 0.477 e. The minimum Gasteiger partial charge on any atom is -0.477 e. The van der Waals surface area contributed by atoms with Crippen molar-refractivity contribution in [3.63, 3.8) is 0 Å². The first kappa shape index (κ1) is 24.9. The average Bonchev–Trinajstić information content (AvgIpc) is 3.30. The fourth-order valence-electron chi connectivity index (χ4n) is 3.83. The molecule has 35 heavy (non-hydrogen) atoms. The SMILES string of the molecule is C[C@H]([C@@H](O)c1ccccc1)N(C(=O)c1ccc(Cl)cc1Cl)c1cc(-c2ccccc2)sc1C(=O)O. The molecule has 0 aliphatic carbocycles. The van der Waals surface area contributed by atoms with E-state index in [4.69, 9.17) is 23.2 Å². The third-order valence-electron chi connectivity index (χ3n) is 5.61. The summed E-state index contributed by atoms with van der Waals surface area (Å²) in [6, 6.07) is 23.5. The quantitative estimate of drug-likeness (QED) is 0.267. The number of carbonyl (C=O) groups is 2. The monoisotopic (exact) mass is 525 g/mol. The van der Waals surface area contributed by atoms with Gasteiger partial charge in [-0.3, -0.25) is 4.79 Å². The number of aromatic carboxylic acids is 1. The molecular formula is C27H21Cl2NO4S. The standard InChI is InChI=1S/C27H21Cl2NO4S/c1-16(24(31)18-10-6-3-7-11-18)30(26(32)20-13-12-19(28)14-21(20)29)22-15-23(35-25(22)27(33)34)17-8-4-2-5-9-17/h2-16,24,31H,1H3,(H,33,34)/t16-,24-/m1/s1. The van der Waals surface area contributed by atoms with Crippen molar-refractivity contribution in [1.82, 2.24) is 0 Å². The van der Waals surface area contributed by atoms with Crippen molar-refractivity contribution in [2.24, 2.45) is 0 Å². The molecule has 0 aliphatic rings. The van der Waals surface area contributed by atoms with Crippen LogP contribution < -0.4 is 4.90 Å². The Morgan fingerprint density at radius 1 is 0.914 bits per heavy atom. The normalized spacial score (nSPS) is 12.7. The molecule has 0 saturated carbocycles. The Balaban J connectivity index is 1.88. The van der Waals surface area contributed by atoms with Gasteiger partial charge in [-0.05, 0) is 42.3 Å². The zero-order chi connectivity index (χ0) is 25.1. The molecule has 0 radical (unpaired) electrons. The fourth-order valence-corrected chi connectivity index (χ4v) is 5.32. The highest BCUT2D eigenvalue weighted by atomic mass is 35.5. The summed E-state index contributed by atoms with van der Waals surface area (Å²) in [4.78, 5) is 28.1. The molecule has 1 aromatic heterocycles. The number of benzene rings is 3. The number of carboxylic acid groups (broad SMARTS) is 1. The van der Waals surface area contributed by atoms with Crippen LogP contribution in [0, 0.1) is 0 Å². The molecule has 8 heteroatoms. The van der Waals surface area contributed by atoms with E-state index in [2.05, 4.69) is 0 Å². The van der Waals surface area contributed by atoms with Crippen LogP contribution in [0.5, 0.6) is 0 Å². The minimum atomic E-state index is -1.17. The first-order valence-corrected chi connectivity index (χ1v) is 12.3. The van der Waals surface area contributed by atoms with Crippen LogP contribution in [0.3, 0.4) is 0 Å². The maximum absolute atomic E-state index is 13.9. The van der Waals surface area contributed by atoms with Gasteiger partial charge in [0.2, 0.25) is 0 Å². The van der Waals surface area contributed by atoms with Crippen molar-refractivity contribution in [2.75, 3.05) is 4.90 Å². The number of amides is 1. The molecule has 0 unspecified atom stereocenters. The van der Waals surface area contributed by atoms with Gasteiger partial charge in [-0.1, -0.05) is 83.9 Å². The van der Waals surface area contributed by atoms with Gasteiger partial charge in [0, 0.05) is 9.90 Å². The minimum absolute atomic E-state index is 0.0191. The molecule has 2 atom stereocenters. The van der Waals surface area contributed by atoms with Crippen molar-refractivity contribution >= 4 is 52.1 Å². The first-order chi connectivity index (χ1) is 16.8. The molecular weight excluding hydrogens is 505 g/mol. The molecule has 4 rings (SSSR count). The molecule has 0 fully saturated rings. The van der Waals surface area contributed by atoms with Gasteiger partial charge in [0.25, 0.3) is 5.91 Å². The lowest BCUT2D eigenvalue weighted by Gasteiger charge is -2.33. The Morgan fingerprint density at radius 3 is 2.14 bits per heavy atom. The van der Waals surface area contributed by atoms with Gasteiger partial charge in [0.15, 0.2) is 0 Å². The first-order valence-electron chi connectivity index (χ1n) is 10.7. The summed E-state index contributed by atoms with van der Waals surface area (Å²) >= 11 is 13.4. The predicted octanol–water partition coefficient (Wildman–Crippen LogP) is 7.19. The van der Waals surface area contributed by atoms with Crippen LogP contribution in [-0.2, 0) is 0 Å². The number of anilines is 1. The molecule has 0 bridgehead atoms. The third-order valence-corrected chi connectivity index (χ3v) is 7.32. The fraction of sp³-hybridized carbons (Fsp3) is 0.111. The second-order valence-electron chi connectivity index (χ2n) is 7.89. The Hall–Kier alpha value is -3.16. The van der Waals surface area contributed by atoms with E-state index >= 15 is 0 Å². The zero-order valence-corrected chi connectivity index (χ0v) is 20.9. The van der Waals surface area contributed by atoms with Crippen LogP contribution in [0.2, 0.25) is 10.0 Å². The van der Waals surface area contributed by atoms with Crippen LogP contribution in [-0.4, -0.2) is 28.1 Å². The Labute approximate surface area is 216 Å². The highest BCUT2D eigenvalue weighted by Gasteiger charge is 2.34. The van der Waals surface area contributed by atoms with Gasteiger partial charge in [-0.2, -0.15) is 0 Å². The summed E-state index contributed by atoms with van der Waals surface area (Å²) in [6.45, 7) is 1.67. The van der Waals surface area contributed by atoms with Crippen molar-refractivity contribution in [2.45, 2.75) is 19.1 Å². The Kier molecular flexibility index (Phi) is 7.57. The number of thiophene rings is 1. The van der Waals surface area contributed by atoms with Crippen molar-refractivity contribution in [1.29, 1.82) is 0 Å². The summed E-state index contributed by atoms with van der Waals surface area (Å²) in [5, 5.41) is 21.7. The van der Waals surface area contributed by atoms with E-state index in [0.717, 1.165) is 16.9 Å². The van der Waals surface area contributed by atoms with Crippen LogP contribution >= 0.6 is 34.5 Å². The van der Waals surface area contributed by atoms with E-state index < -0.39 is 24.0 Å². The Bertz CT molecular complexity index is 1360. The molecule has 1 heterocycles. The van der Waals surface area contributed by atoms with Crippen LogP contribution in [0.25, 0.3) is 10.4 Å². The van der Waals surface area contributed by atoms with E-state index in [0.29, 0.717) is 15.5 Å². The van der Waals surface area contributed by atoms with Crippen molar-refractivity contribution in [3.05, 3.63) is 111 Å². The molecule has 2 N–H and O–H groups in total. The zero-order valence-electron chi connectivity index (χ0n) is 18.6. The van der Waals surface area contributed by atoms with E-state index in [-0.39, 0.29) is 21.2 Å². The summed E-state index contributed by atoms with van der Waals surface area (Å²) in [7, 11) is 0. The molecule has 0 saturated heterocycles. The van der Waals surface area contributed by atoms with Crippen LogP contribution in [0.1, 0.15) is 38.6 Å². The molecule has 0 aliphatic heterocycles. The number of carboxylic acids is 1. The van der Waals surface area contributed by atoms with Gasteiger partial charge in [0.05, 0.1) is 28.4 Å². The highest BCUT2D eigenvalue weighted by Crippen LogP contribution is 2.40. The maximum Gasteiger partial charge on any atom is 0.348 e. The van der Waals surface area contributed by atoms with Crippen molar-refractivity contribution < 1.29 is 19.8 Å². The summed E-state index contributed by atoms with van der Waals surface area (Å²) < 4.78 is 0. The number of rotatable bonds is 7. The summed E-state index contributed by atoms with van der Waals surface area (Å²) in [6.07, 6.45) is -1.09. The number of halogens is 2. The Morgan fingerprint density at radius 2 is 1.54 bits per heavy atom. The number of hydrogen-bond acceptors (Lipinski definition) is 4. The third kappa shape index (κ3) is 5.26. The smallest absolute Gasteiger partial charge is 0.348 e. The molecule has 1 amide bonds. The second kappa shape index (κ2) is 10.6. The van der Waals surface area contributed by atoms with E-state index in [9.17, 15) is 19.8 Å². The molecule has 4 aromatic rings.